The zero-order valence-electron chi connectivity index (χ0n) is 17.8. The Kier molecular flexibility index (Phi) is 6.49. The molecule has 2 aliphatic rings. The Balaban J connectivity index is 1.24. The van der Waals surface area contributed by atoms with Gasteiger partial charge in [0.2, 0.25) is 0 Å². The number of aromatic nitrogens is 2. The van der Waals surface area contributed by atoms with Crippen LogP contribution < -0.4 is 5.32 Å². The van der Waals surface area contributed by atoms with Gasteiger partial charge in [0.15, 0.2) is 5.96 Å². The highest BCUT2D eigenvalue weighted by molar-refractivity contribution is 5.80. The van der Waals surface area contributed by atoms with E-state index in [4.69, 9.17) is 0 Å². The number of piperidine rings is 1. The van der Waals surface area contributed by atoms with Gasteiger partial charge in [0, 0.05) is 58.7 Å². The summed E-state index contributed by atoms with van der Waals surface area (Å²) in [5, 5.41) is 3.60. The van der Waals surface area contributed by atoms with E-state index in [0.29, 0.717) is 12.0 Å². The van der Waals surface area contributed by atoms with Crippen LogP contribution in [-0.2, 0) is 13.0 Å². The molecule has 0 bridgehead atoms. The number of nitrogens with one attached hydrogen (secondary N) is 1. The summed E-state index contributed by atoms with van der Waals surface area (Å²) in [5.74, 6) is 1.69. The van der Waals surface area contributed by atoms with E-state index >= 15 is 0 Å². The highest BCUT2D eigenvalue weighted by Gasteiger charge is 2.28. The molecule has 6 heteroatoms. The smallest absolute Gasteiger partial charge is 0.193 e. The van der Waals surface area contributed by atoms with E-state index in [1.807, 2.05) is 19.6 Å². The number of imidazole rings is 1. The van der Waals surface area contributed by atoms with Gasteiger partial charge in [-0.15, -0.1) is 0 Å². The minimum absolute atomic E-state index is 0.457. The Bertz CT molecular complexity index is 799. The van der Waals surface area contributed by atoms with Crippen molar-refractivity contribution < 1.29 is 0 Å². The first-order valence-corrected chi connectivity index (χ1v) is 11.0. The van der Waals surface area contributed by atoms with Gasteiger partial charge in [0.1, 0.15) is 0 Å². The van der Waals surface area contributed by atoms with E-state index in [0.717, 1.165) is 45.1 Å². The van der Waals surface area contributed by atoms with E-state index in [1.54, 1.807) is 0 Å². The third-order valence-electron chi connectivity index (χ3n) is 6.48. The highest BCUT2D eigenvalue weighted by atomic mass is 15.3. The summed E-state index contributed by atoms with van der Waals surface area (Å²) >= 11 is 0. The summed E-state index contributed by atoms with van der Waals surface area (Å²) in [5.41, 5.74) is 3.02. The molecule has 1 N–H and O–H groups in total. The number of hydrogen-bond donors (Lipinski definition) is 1. The van der Waals surface area contributed by atoms with Crippen molar-refractivity contribution in [1.82, 2.24) is 24.7 Å². The van der Waals surface area contributed by atoms with Gasteiger partial charge in [0.25, 0.3) is 0 Å². The van der Waals surface area contributed by atoms with Crippen LogP contribution in [0, 0.1) is 5.92 Å². The quantitative estimate of drug-likeness (QED) is 0.481. The van der Waals surface area contributed by atoms with Gasteiger partial charge >= 0.3 is 0 Å². The van der Waals surface area contributed by atoms with Gasteiger partial charge in [0.05, 0.1) is 12.4 Å². The van der Waals surface area contributed by atoms with Crippen LogP contribution in [0.5, 0.6) is 0 Å². The van der Waals surface area contributed by atoms with Crippen LogP contribution in [0.15, 0.2) is 48.0 Å². The molecule has 0 spiro atoms. The fourth-order valence-electron chi connectivity index (χ4n) is 4.68. The predicted octanol–water partition coefficient (Wildman–Crippen LogP) is 2.79. The molecule has 0 saturated carbocycles. The number of benzene rings is 1. The Labute approximate surface area is 174 Å². The molecule has 4 rings (SSSR count). The number of guanidine groups is 1. The largest absolute Gasteiger partial charge is 0.356 e. The van der Waals surface area contributed by atoms with Gasteiger partial charge in [-0.1, -0.05) is 31.2 Å². The Morgan fingerprint density at radius 1 is 1.24 bits per heavy atom. The first-order chi connectivity index (χ1) is 14.2. The highest BCUT2D eigenvalue weighted by Crippen LogP contribution is 2.27. The summed E-state index contributed by atoms with van der Waals surface area (Å²) in [7, 11) is 1.90. The lowest BCUT2D eigenvalue weighted by atomic mass is 9.93. The molecule has 2 aromatic rings. The molecule has 6 nitrogen and oxygen atoms in total. The molecule has 2 aliphatic heterocycles. The van der Waals surface area contributed by atoms with Gasteiger partial charge in [-0.2, -0.15) is 0 Å². The van der Waals surface area contributed by atoms with E-state index in [-0.39, 0.29) is 0 Å². The van der Waals surface area contributed by atoms with Crippen LogP contribution in [0.1, 0.15) is 36.9 Å². The second-order valence-electron chi connectivity index (χ2n) is 8.41. The molecule has 1 aromatic heterocycles. The average molecular weight is 395 g/mol. The van der Waals surface area contributed by atoms with Crippen molar-refractivity contribution in [2.45, 2.75) is 38.8 Å². The number of nitrogens with zero attached hydrogens (tertiary/aromatic N) is 5. The van der Waals surface area contributed by atoms with Crippen molar-refractivity contribution in [3.63, 3.8) is 0 Å². The number of likely N-dealkylation sites (tertiary alicyclic amines) is 1. The second-order valence-corrected chi connectivity index (χ2v) is 8.41. The lowest BCUT2D eigenvalue weighted by Gasteiger charge is -2.39. The van der Waals surface area contributed by atoms with Gasteiger partial charge in [-0.25, -0.2) is 4.98 Å². The van der Waals surface area contributed by atoms with Crippen LogP contribution in [0.4, 0.5) is 0 Å². The van der Waals surface area contributed by atoms with Crippen LogP contribution in [0.25, 0.3) is 0 Å². The molecule has 0 radical (unpaired) electrons. The maximum atomic E-state index is 4.56. The van der Waals surface area contributed by atoms with Crippen LogP contribution in [-0.4, -0.2) is 65.1 Å². The molecule has 1 aromatic carbocycles. The van der Waals surface area contributed by atoms with E-state index in [1.165, 1.54) is 30.5 Å². The Hall–Kier alpha value is -2.34. The van der Waals surface area contributed by atoms with E-state index in [9.17, 15) is 0 Å². The Morgan fingerprint density at radius 3 is 2.90 bits per heavy atom. The van der Waals surface area contributed by atoms with Gasteiger partial charge < -0.3 is 14.8 Å². The van der Waals surface area contributed by atoms with Gasteiger partial charge in [-0.05, 0) is 36.3 Å². The van der Waals surface area contributed by atoms with Crippen LogP contribution in [0.2, 0.25) is 0 Å². The number of aliphatic imine (C=N–C) groups is 1. The molecule has 3 heterocycles. The second kappa shape index (κ2) is 9.44. The summed E-state index contributed by atoms with van der Waals surface area (Å²) < 4.78 is 2.25. The zero-order chi connectivity index (χ0) is 20.1. The molecule has 2 atom stereocenters. The molecule has 1 fully saturated rings. The maximum Gasteiger partial charge on any atom is 0.193 e. The lowest BCUT2D eigenvalue weighted by Crippen LogP contribution is -2.49. The van der Waals surface area contributed by atoms with E-state index < -0.39 is 0 Å². The molecule has 1 saturated heterocycles. The fraction of sp³-hybridized carbons (Fsp3) is 0.565. The van der Waals surface area contributed by atoms with Crippen molar-refractivity contribution in [2.75, 3.05) is 39.8 Å². The standard InChI is InChI=1S/C23H34N6/c1-19-8-14-28(17-22(19)29-15-11-25-18-29)23(24-2)26-10-5-12-27-13-9-20-6-3-4-7-21(20)16-27/h3-4,6-7,11,15,18-19,22H,5,8-10,12-14,16-17H2,1-2H3,(H,24,26). The molecule has 29 heavy (non-hydrogen) atoms. The maximum absolute atomic E-state index is 4.56. The molecule has 2 unspecified atom stereocenters. The SMILES string of the molecule is CN=C(NCCCN1CCc2ccccc2C1)N1CCC(C)C(n2ccnc2)C1. The number of fused-ring (bicyclic) bond motifs is 1. The van der Waals surface area contributed by atoms with Crippen molar-refractivity contribution in [3.05, 3.63) is 54.1 Å². The normalized spacial score (nSPS) is 23.1. The Morgan fingerprint density at radius 2 is 2.10 bits per heavy atom. The number of rotatable bonds is 5. The zero-order valence-corrected chi connectivity index (χ0v) is 17.8. The molecule has 0 amide bonds. The summed E-state index contributed by atoms with van der Waals surface area (Å²) in [6.45, 7) is 8.74. The fourth-order valence-corrected chi connectivity index (χ4v) is 4.68. The van der Waals surface area contributed by atoms with E-state index in [2.05, 4.69) is 67.0 Å². The number of hydrogen-bond acceptors (Lipinski definition) is 3. The van der Waals surface area contributed by atoms with Crippen molar-refractivity contribution in [2.24, 2.45) is 10.9 Å². The molecule has 0 aliphatic carbocycles. The minimum atomic E-state index is 0.457. The molecular formula is C23H34N6. The van der Waals surface area contributed by atoms with Crippen molar-refractivity contribution >= 4 is 5.96 Å². The topological polar surface area (TPSA) is 48.7 Å². The summed E-state index contributed by atoms with van der Waals surface area (Å²) in [4.78, 5) is 13.8. The first-order valence-electron chi connectivity index (χ1n) is 11.0. The van der Waals surface area contributed by atoms with Crippen molar-refractivity contribution in [1.29, 1.82) is 0 Å². The molecular weight excluding hydrogens is 360 g/mol. The predicted molar refractivity (Wildman–Crippen MR) is 118 cm³/mol. The average Bonchev–Trinajstić information content (AvgIpc) is 3.29. The summed E-state index contributed by atoms with van der Waals surface area (Å²) in [6.07, 6.45) is 9.38. The van der Waals surface area contributed by atoms with Gasteiger partial charge in [-0.3, -0.25) is 9.89 Å². The monoisotopic (exact) mass is 394 g/mol. The summed E-state index contributed by atoms with van der Waals surface area (Å²) in [6, 6.07) is 9.32. The third kappa shape index (κ3) is 4.81. The first kappa shape index (κ1) is 20.0. The lowest BCUT2D eigenvalue weighted by molar-refractivity contribution is 0.188. The van der Waals surface area contributed by atoms with Crippen molar-refractivity contribution in [3.8, 4) is 0 Å². The minimum Gasteiger partial charge on any atom is -0.356 e. The van der Waals surface area contributed by atoms with Crippen LogP contribution in [0.3, 0.4) is 0 Å². The van der Waals surface area contributed by atoms with Crippen LogP contribution >= 0.6 is 0 Å². The third-order valence-corrected chi connectivity index (χ3v) is 6.48. The molecule has 156 valence electrons.